The number of hydrogen-bond acceptors (Lipinski definition) is 3. The molecule has 0 aliphatic rings. The Bertz CT molecular complexity index is 358. The van der Waals surface area contributed by atoms with Crippen LogP contribution < -0.4 is 0 Å². The lowest BCUT2D eigenvalue weighted by molar-refractivity contribution is 0.0605. The van der Waals surface area contributed by atoms with E-state index in [2.05, 4.69) is 0 Å². The van der Waals surface area contributed by atoms with Crippen molar-refractivity contribution in [3.05, 3.63) is 29.3 Å². The van der Waals surface area contributed by atoms with Crippen LogP contribution in [0.4, 0.5) is 0 Å². The third-order valence-corrected chi connectivity index (χ3v) is 1.89. The number of ether oxygens (including phenoxy) is 1. The lowest BCUT2D eigenvalue weighted by Gasteiger charge is -2.10. The summed E-state index contributed by atoms with van der Waals surface area (Å²) in [5.41, 5.74) is 0.643. The van der Waals surface area contributed by atoms with Crippen LogP contribution in [0, 0.1) is 0 Å². The second-order valence-corrected chi connectivity index (χ2v) is 3.51. The number of hydrogen-bond donors (Lipinski definition) is 2. The molecule has 0 aromatic heterocycles. The third kappa shape index (κ3) is 3.25. The Morgan fingerprint density at radius 1 is 1.47 bits per heavy atom. The molecule has 2 N–H and O–H groups in total. The van der Waals surface area contributed by atoms with Gasteiger partial charge in [-0.1, -0.05) is 0 Å². The molecule has 0 fully saturated rings. The molecule has 0 atom stereocenters. The fourth-order valence-corrected chi connectivity index (χ4v) is 1.16. The van der Waals surface area contributed by atoms with E-state index in [1.165, 1.54) is 18.2 Å². The van der Waals surface area contributed by atoms with E-state index in [0.29, 0.717) is 5.56 Å². The van der Waals surface area contributed by atoms with Gasteiger partial charge in [-0.05, 0) is 37.6 Å². The molecule has 0 heterocycles. The number of aromatic hydroxyl groups is 1. The molecule has 0 spiro atoms. The molecule has 15 heavy (non-hydrogen) atoms. The summed E-state index contributed by atoms with van der Waals surface area (Å²) in [6.45, 7) is 3.92. The molecule has 0 saturated heterocycles. The minimum Gasteiger partial charge on any atom is -0.508 e. The Labute approximate surface area is 88.1 Å². The Morgan fingerprint density at radius 2 is 2.13 bits per heavy atom. The molecule has 82 valence electrons. The van der Waals surface area contributed by atoms with Crippen LogP contribution >= 0.6 is 0 Å². The standard InChI is InChI=1S/C11H14O4/c1-7(2)15-6-8-5-9(12)3-4-10(8)11(13)14/h3-5,7,12H,6H2,1-2H3,(H,13,14). The van der Waals surface area contributed by atoms with Crippen molar-refractivity contribution < 1.29 is 19.7 Å². The van der Waals surface area contributed by atoms with Gasteiger partial charge in [0.25, 0.3) is 0 Å². The van der Waals surface area contributed by atoms with E-state index in [0.717, 1.165) is 0 Å². The van der Waals surface area contributed by atoms with Crippen LogP contribution in [0.15, 0.2) is 18.2 Å². The van der Waals surface area contributed by atoms with Crippen LogP contribution in [0.2, 0.25) is 0 Å². The third-order valence-electron chi connectivity index (χ3n) is 1.89. The first kappa shape index (κ1) is 11.5. The van der Waals surface area contributed by atoms with Crippen LogP contribution in [0.5, 0.6) is 5.75 Å². The summed E-state index contributed by atoms with van der Waals surface area (Å²) in [5.74, 6) is -0.972. The van der Waals surface area contributed by atoms with Crippen LogP contribution in [-0.4, -0.2) is 22.3 Å². The number of carboxylic acid groups (broad SMARTS) is 1. The van der Waals surface area contributed by atoms with Gasteiger partial charge in [0.15, 0.2) is 0 Å². The van der Waals surface area contributed by atoms with Gasteiger partial charge in [-0.2, -0.15) is 0 Å². The van der Waals surface area contributed by atoms with Gasteiger partial charge >= 0.3 is 5.97 Å². The van der Waals surface area contributed by atoms with E-state index in [-0.39, 0.29) is 24.0 Å². The zero-order valence-electron chi connectivity index (χ0n) is 8.73. The van der Waals surface area contributed by atoms with Crippen LogP contribution in [0.25, 0.3) is 0 Å². The highest BCUT2D eigenvalue weighted by molar-refractivity contribution is 5.89. The van der Waals surface area contributed by atoms with Gasteiger partial charge in [0.2, 0.25) is 0 Å². The topological polar surface area (TPSA) is 66.8 Å². The van der Waals surface area contributed by atoms with Crippen molar-refractivity contribution in [2.24, 2.45) is 0 Å². The van der Waals surface area contributed by atoms with Gasteiger partial charge in [0.05, 0.1) is 18.3 Å². The minimum absolute atomic E-state index is 0.0222. The first-order chi connectivity index (χ1) is 7.00. The lowest BCUT2D eigenvalue weighted by Crippen LogP contribution is -2.07. The van der Waals surface area contributed by atoms with Crippen LogP contribution in [0.1, 0.15) is 29.8 Å². The number of aromatic carboxylic acids is 1. The first-order valence-corrected chi connectivity index (χ1v) is 4.67. The van der Waals surface area contributed by atoms with Crippen molar-refractivity contribution in [3.8, 4) is 5.75 Å². The fourth-order valence-electron chi connectivity index (χ4n) is 1.16. The van der Waals surface area contributed by atoms with E-state index < -0.39 is 5.97 Å². The molecule has 0 bridgehead atoms. The van der Waals surface area contributed by atoms with Crippen LogP contribution in [-0.2, 0) is 11.3 Å². The van der Waals surface area contributed by atoms with E-state index in [9.17, 15) is 9.90 Å². The van der Waals surface area contributed by atoms with Gasteiger partial charge in [0.1, 0.15) is 5.75 Å². The second-order valence-electron chi connectivity index (χ2n) is 3.51. The average Bonchev–Trinajstić information content (AvgIpc) is 2.14. The molecule has 1 aromatic carbocycles. The largest absolute Gasteiger partial charge is 0.508 e. The van der Waals surface area contributed by atoms with Gasteiger partial charge in [-0.25, -0.2) is 4.79 Å². The SMILES string of the molecule is CC(C)OCc1cc(O)ccc1C(=O)O. The van der Waals surface area contributed by atoms with Crippen molar-refractivity contribution in [1.29, 1.82) is 0 Å². The monoisotopic (exact) mass is 210 g/mol. The zero-order valence-corrected chi connectivity index (χ0v) is 8.73. The summed E-state index contributed by atoms with van der Waals surface area (Å²) in [7, 11) is 0. The van der Waals surface area contributed by atoms with Crippen molar-refractivity contribution >= 4 is 5.97 Å². The molecule has 0 aliphatic carbocycles. The first-order valence-electron chi connectivity index (χ1n) is 4.67. The van der Waals surface area contributed by atoms with E-state index in [1.807, 2.05) is 13.8 Å². The Balaban J connectivity index is 2.92. The molecule has 0 aliphatic heterocycles. The van der Waals surface area contributed by atoms with Crippen LogP contribution in [0.3, 0.4) is 0 Å². The maximum absolute atomic E-state index is 10.8. The number of benzene rings is 1. The van der Waals surface area contributed by atoms with Gasteiger partial charge < -0.3 is 14.9 Å². The summed E-state index contributed by atoms with van der Waals surface area (Å²) < 4.78 is 5.30. The molecule has 0 amide bonds. The summed E-state index contributed by atoms with van der Waals surface area (Å²) in [4.78, 5) is 10.8. The lowest BCUT2D eigenvalue weighted by atomic mass is 10.1. The molecule has 4 heteroatoms. The number of carbonyl (C=O) groups is 1. The predicted molar refractivity (Wildman–Crippen MR) is 55.0 cm³/mol. The van der Waals surface area contributed by atoms with Gasteiger partial charge in [-0.15, -0.1) is 0 Å². The molecular weight excluding hydrogens is 196 g/mol. The normalized spacial score (nSPS) is 10.6. The molecule has 0 saturated carbocycles. The minimum atomic E-state index is -1.02. The summed E-state index contributed by atoms with van der Waals surface area (Å²) in [6.07, 6.45) is 0.0222. The summed E-state index contributed by atoms with van der Waals surface area (Å²) in [5, 5.41) is 18.1. The number of phenols is 1. The molecular formula is C11H14O4. The molecule has 0 radical (unpaired) electrons. The second kappa shape index (κ2) is 4.79. The number of carboxylic acids is 1. The van der Waals surface area contributed by atoms with Crippen molar-refractivity contribution in [3.63, 3.8) is 0 Å². The highest BCUT2D eigenvalue weighted by atomic mass is 16.5. The maximum Gasteiger partial charge on any atom is 0.336 e. The van der Waals surface area contributed by atoms with Gasteiger partial charge in [0, 0.05) is 0 Å². The van der Waals surface area contributed by atoms with Crippen molar-refractivity contribution in [2.75, 3.05) is 0 Å². The van der Waals surface area contributed by atoms with Crippen molar-refractivity contribution in [1.82, 2.24) is 0 Å². The maximum atomic E-state index is 10.8. The Kier molecular flexibility index (Phi) is 3.68. The summed E-state index contributed by atoms with van der Waals surface area (Å²) >= 11 is 0. The summed E-state index contributed by atoms with van der Waals surface area (Å²) in [6, 6.07) is 4.13. The quantitative estimate of drug-likeness (QED) is 0.797. The Morgan fingerprint density at radius 3 is 2.67 bits per heavy atom. The zero-order chi connectivity index (χ0) is 11.4. The number of rotatable bonds is 4. The van der Waals surface area contributed by atoms with E-state index in [4.69, 9.17) is 9.84 Å². The number of phenolic OH excluding ortho intramolecular Hbond substituents is 1. The molecule has 1 rings (SSSR count). The Hall–Kier alpha value is -1.55. The van der Waals surface area contributed by atoms with E-state index >= 15 is 0 Å². The predicted octanol–water partition coefficient (Wildman–Crippen LogP) is 2.02. The van der Waals surface area contributed by atoms with E-state index in [1.54, 1.807) is 0 Å². The average molecular weight is 210 g/mol. The molecule has 0 unspecified atom stereocenters. The van der Waals surface area contributed by atoms with Gasteiger partial charge in [-0.3, -0.25) is 0 Å². The van der Waals surface area contributed by atoms with Crippen molar-refractivity contribution in [2.45, 2.75) is 26.6 Å². The fraction of sp³-hybridized carbons (Fsp3) is 0.364. The highest BCUT2D eigenvalue weighted by Crippen LogP contribution is 2.18. The smallest absolute Gasteiger partial charge is 0.336 e. The molecule has 4 nitrogen and oxygen atoms in total. The molecule has 1 aromatic rings. The highest BCUT2D eigenvalue weighted by Gasteiger charge is 2.11.